The number of aryl methyl sites for hydroxylation is 1. The third-order valence-electron chi connectivity index (χ3n) is 2.98. The second kappa shape index (κ2) is 3.97. The van der Waals surface area contributed by atoms with Crippen LogP contribution in [0.4, 0.5) is 0 Å². The topological polar surface area (TPSA) is 37.3 Å². The normalized spacial score (nSPS) is 19.5. The van der Waals surface area contributed by atoms with Crippen LogP contribution in [-0.4, -0.2) is 11.1 Å². The SMILES string of the molecule is CC(C)c1cc2c(s1)C(CC(=O)O)CC2. The van der Waals surface area contributed by atoms with Crippen molar-refractivity contribution in [3.8, 4) is 0 Å². The van der Waals surface area contributed by atoms with Gasteiger partial charge < -0.3 is 5.11 Å². The van der Waals surface area contributed by atoms with Crippen LogP contribution in [0, 0.1) is 0 Å². The van der Waals surface area contributed by atoms with Crippen LogP contribution in [0.3, 0.4) is 0 Å². The molecular formula is C12H16O2S. The van der Waals surface area contributed by atoms with Crippen LogP contribution in [-0.2, 0) is 11.2 Å². The molecular weight excluding hydrogens is 208 g/mol. The van der Waals surface area contributed by atoms with Crippen LogP contribution in [0.1, 0.15) is 53.8 Å². The van der Waals surface area contributed by atoms with Crippen molar-refractivity contribution in [2.75, 3.05) is 0 Å². The first-order valence-corrected chi connectivity index (χ1v) is 6.24. The number of aliphatic carboxylic acids is 1. The molecule has 0 spiro atoms. The predicted molar refractivity (Wildman–Crippen MR) is 61.7 cm³/mol. The van der Waals surface area contributed by atoms with Gasteiger partial charge in [0.15, 0.2) is 0 Å². The number of fused-ring (bicyclic) bond motifs is 1. The van der Waals surface area contributed by atoms with Crippen molar-refractivity contribution in [1.82, 2.24) is 0 Å². The Balaban J connectivity index is 2.22. The smallest absolute Gasteiger partial charge is 0.303 e. The minimum Gasteiger partial charge on any atom is -0.481 e. The minimum atomic E-state index is -0.674. The summed E-state index contributed by atoms with van der Waals surface area (Å²) in [4.78, 5) is 13.4. The fraction of sp³-hybridized carbons (Fsp3) is 0.583. The van der Waals surface area contributed by atoms with E-state index in [1.165, 1.54) is 15.3 Å². The molecule has 1 aromatic rings. The lowest BCUT2D eigenvalue weighted by atomic mass is 10.1. The summed E-state index contributed by atoms with van der Waals surface area (Å²) >= 11 is 1.82. The lowest BCUT2D eigenvalue weighted by Crippen LogP contribution is -2.01. The number of carboxylic acid groups (broad SMARTS) is 1. The average Bonchev–Trinajstić information content (AvgIpc) is 2.66. The zero-order chi connectivity index (χ0) is 11.0. The fourth-order valence-electron chi connectivity index (χ4n) is 2.16. The largest absolute Gasteiger partial charge is 0.481 e. The summed E-state index contributed by atoms with van der Waals surface area (Å²) in [6, 6.07) is 2.27. The lowest BCUT2D eigenvalue weighted by molar-refractivity contribution is -0.137. The highest BCUT2D eigenvalue weighted by Crippen LogP contribution is 2.42. The second-order valence-corrected chi connectivity index (χ2v) is 5.64. The molecule has 1 atom stereocenters. The number of carboxylic acids is 1. The van der Waals surface area contributed by atoms with Crippen molar-refractivity contribution in [3.63, 3.8) is 0 Å². The molecule has 0 amide bonds. The molecule has 0 aliphatic heterocycles. The zero-order valence-electron chi connectivity index (χ0n) is 9.12. The lowest BCUT2D eigenvalue weighted by Gasteiger charge is -2.06. The first kappa shape index (κ1) is 10.7. The van der Waals surface area contributed by atoms with E-state index in [-0.39, 0.29) is 5.92 Å². The van der Waals surface area contributed by atoms with Gasteiger partial charge in [-0.3, -0.25) is 4.79 Å². The summed E-state index contributed by atoms with van der Waals surface area (Å²) in [5.41, 5.74) is 1.40. The summed E-state index contributed by atoms with van der Waals surface area (Å²) in [7, 11) is 0. The van der Waals surface area contributed by atoms with Gasteiger partial charge in [-0.25, -0.2) is 0 Å². The molecule has 0 radical (unpaired) electrons. The molecule has 15 heavy (non-hydrogen) atoms. The molecule has 0 bridgehead atoms. The summed E-state index contributed by atoms with van der Waals surface area (Å²) < 4.78 is 0. The molecule has 0 aromatic carbocycles. The van der Waals surface area contributed by atoms with E-state index in [2.05, 4.69) is 19.9 Å². The van der Waals surface area contributed by atoms with E-state index >= 15 is 0 Å². The molecule has 1 aromatic heterocycles. The van der Waals surface area contributed by atoms with Gasteiger partial charge in [-0.15, -0.1) is 11.3 Å². The van der Waals surface area contributed by atoms with E-state index in [9.17, 15) is 4.79 Å². The maximum Gasteiger partial charge on any atom is 0.303 e. The highest BCUT2D eigenvalue weighted by atomic mass is 32.1. The molecule has 0 saturated heterocycles. The predicted octanol–water partition coefficient (Wildman–Crippen LogP) is 3.38. The van der Waals surface area contributed by atoms with E-state index in [1.54, 1.807) is 0 Å². The van der Waals surface area contributed by atoms with Crippen LogP contribution in [0.25, 0.3) is 0 Å². The van der Waals surface area contributed by atoms with E-state index in [0.717, 1.165) is 12.8 Å². The quantitative estimate of drug-likeness (QED) is 0.854. The summed E-state index contributed by atoms with van der Waals surface area (Å²) in [6.07, 6.45) is 2.38. The third-order valence-corrected chi connectivity index (χ3v) is 4.62. The molecule has 1 aliphatic carbocycles. The number of hydrogen-bond acceptors (Lipinski definition) is 2. The molecule has 82 valence electrons. The number of thiophene rings is 1. The van der Waals surface area contributed by atoms with Gasteiger partial charge in [-0.1, -0.05) is 13.8 Å². The van der Waals surface area contributed by atoms with Crippen LogP contribution >= 0.6 is 11.3 Å². The Morgan fingerprint density at radius 1 is 1.67 bits per heavy atom. The van der Waals surface area contributed by atoms with Gasteiger partial charge in [0.05, 0.1) is 6.42 Å². The van der Waals surface area contributed by atoms with Gasteiger partial charge in [0.25, 0.3) is 0 Å². The highest BCUT2D eigenvalue weighted by Gasteiger charge is 2.27. The Bertz CT molecular complexity index is 379. The maximum atomic E-state index is 10.7. The molecule has 0 fully saturated rings. The van der Waals surface area contributed by atoms with Gasteiger partial charge in [-0.2, -0.15) is 0 Å². The Labute approximate surface area is 93.9 Å². The molecule has 0 saturated carbocycles. The van der Waals surface area contributed by atoms with Gasteiger partial charge >= 0.3 is 5.97 Å². The van der Waals surface area contributed by atoms with Crippen LogP contribution < -0.4 is 0 Å². The molecule has 1 aliphatic rings. The Morgan fingerprint density at radius 3 is 3.00 bits per heavy atom. The summed E-state index contributed by atoms with van der Waals surface area (Å²) in [5.74, 6) is 0.161. The average molecular weight is 224 g/mol. The van der Waals surface area contributed by atoms with Crippen molar-refractivity contribution in [2.24, 2.45) is 0 Å². The fourth-order valence-corrected chi connectivity index (χ4v) is 3.51. The van der Waals surface area contributed by atoms with E-state index < -0.39 is 5.97 Å². The minimum absolute atomic E-state index is 0.273. The third kappa shape index (κ3) is 2.07. The number of rotatable bonds is 3. The summed E-state index contributed by atoms with van der Waals surface area (Å²) in [6.45, 7) is 4.38. The van der Waals surface area contributed by atoms with E-state index in [0.29, 0.717) is 12.3 Å². The van der Waals surface area contributed by atoms with Crippen molar-refractivity contribution < 1.29 is 9.90 Å². The van der Waals surface area contributed by atoms with E-state index in [1.807, 2.05) is 11.3 Å². The van der Waals surface area contributed by atoms with Crippen LogP contribution in [0.2, 0.25) is 0 Å². The molecule has 2 rings (SSSR count). The second-order valence-electron chi connectivity index (χ2n) is 4.53. The van der Waals surface area contributed by atoms with Crippen molar-refractivity contribution in [3.05, 3.63) is 21.4 Å². The molecule has 1 N–H and O–H groups in total. The Hall–Kier alpha value is -0.830. The van der Waals surface area contributed by atoms with E-state index in [4.69, 9.17) is 5.11 Å². The number of carbonyl (C=O) groups is 1. The summed E-state index contributed by atoms with van der Waals surface area (Å²) in [5, 5.41) is 8.82. The maximum absolute atomic E-state index is 10.7. The first-order chi connectivity index (χ1) is 7.08. The Kier molecular flexibility index (Phi) is 2.83. The van der Waals surface area contributed by atoms with Gasteiger partial charge in [-0.05, 0) is 30.4 Å². The standard InChI is InChI=1S/C12H16O2S/c1-7(2)10-5-8-3-4-9(6-11(13)14)12(8)15-10/h5,7,9H,3-4,6H2,1-2H3,(H,13,14). The molecule has 1 unspecified atom stereocenters. The van der Waals surface area contributed by atoms with Gasteiger partial charge in [0.1, 0.15) is 0 Å². The Morgan fingerprint density at radius 2 is 2.40 bits per heavy atom. The molecule has 3 heteroatoms. The first-order valence-electron chi connectivity index (χ1n) is 5.42. The molecule has 2 nitrogen and oxygen atoms in total. The monoisotopic (exact) mass is 224 g/mol. The molecule has 1 heterocycles. The van der Waals surface area contributed by atoms with Crippen molar-refractivity contribution >= 4 is 17.3 Å². The van der Waals surface area contributed by atoms with Crippen molar-refractivity contribution in [2.45, 2.75) is 44.9 Å². The highest BCUT2D eigenvalue weighted by molar-refractivity contribution is 7.12. The van der Waals surface area contributed by atoms with Crippen LogP contribution in [0.15, 0.2) is 6.07 Å². The van der Waals surface area contributed by atoms with Gasteiger partial charge in [0, 0.05) is 15.7 Å². The van der Waals surface area contributed by atoms with Crippen LogP contribution in [0.5, 0.6) is 0 Å². The van der Waals surface area contributed by atoms with Gasteiger partial charge in [0.2, 0.25) is 0 Å². The number of hydrogen-bond donors (Lipinski definition) is 1. The van der Waals surface area contributed by atoms with Crippen molar-refractivity contribution in [1.29, 1.82) is 0 Å². The zero-order valence-corrected chi connectivity index (χ0v) is 9.93.